The highest BCUT2D eigenvalue weighted by molar-refractivity contribution is 6.30. The van der Waals surface area contributed by atoms with Crippen molar-refractivity contribution < 1.29 is 19.1 Å². The van der Waals surface area contributed by atoms with Crippen LogP contribution in [0.15, 0.2) is 24.3 Å². The summed E-state index contributed by atoms with van der Waals surface area (Å²) in [5, 5.41) is 0.658. The summed E-state index contributed by atoms with van der Waals surface area (Å²) in [7, 11) is 0. The van der Waals surface area contributed by atoms with E-state index in [2.05, 4.69) is 6.92 Å². The molecule has 2 aliphatic rings. The Kier molecular flexibility index (Phi) is 9.02. The van der Waals surface area contributed by atoms with Gasteiger partial charge in [-0.3, -0.25) is 9.59 Å². The van der Waals surface area contributed by atoms with Crippen LogP contribution in [0.4, 0.5) is 0 Å². The van der Waals surface area contributed by atoms with Crippen molar-refractivity contribution in [3.63, 3.8) is 0 Å². The number of benzene rings is 1. The monoisotopic (exact) mass is 450 g/mol. The van der Waals surface area contributed by atoms with Gasteiger partial charge >= 0.3 is 0 Å². The number of ether oxygens (including phenoxy) is 2. The molecule has 0 bridgehead atoms. The molecule has 2 heterocycles. The Bertz CT molecular complexity index is 721. The average molecular weight is 451 g/mol. The van der Waals surface area contributed by atoms with Crippen LogP contribution in [0.2, 0.25) is 5.02 Å². The van der Waals surface area contributed by atoms with Crippen molar-refractivity contribution >= 4 is 23.4 Å². The van der Waals surface area contributed by atoms with Crippen LogP contribution < -0.4 is 4.74 Å². The van der Waals surface area contributed by atoms with Gasteiger partial charge in [-0.15, -0.1) is 0 Å². The number of nitrogens with zero attached hydrogens (tertiary/aromatic N) is 2. The number of rotatable bonds is 9. The van der Waals surface area contributed by atoms with Crippen LogP contribution in [0.3, 0.4) is 0 Å². The molecule has 0 spiro atoms. The van der Waals surface area contributed by atoms with E-state index in [1.807, 2.05) is 21.9 Å². The molecule has 2 amide bonds. The van der Waals surface area contributed by atoms with Gasteiger partial charge in [-0.1, -0.05) is 31.4 Å². The molecule has 7 heteroatoms. The maximum Gasteiger partial charge on any atom is 0.223 e. The number of halogens is 1. The largest absolute Gasteiger partial charge is 0.493 e. The van der Waals surface area contributed by atoms with Gasteiger partial charge in [0, 0.05) is 49.5 Å². The zero-order valence-corrected chi connectivity index (χ0v) is 19.4. The Morgan fingerprint density at radius 2 is 1.81 bits per heavy atom. The summed E-state index contributed by atoms with van der Waals surface area (Å²) < 4.78 is 11.5. The third-order valence-electron chi connectivity index (χ3n) is 6.26. The molecule has 172 valence electrons. The molecule has 1 atom stereocenters. The van der Waals surface area contributed by atoms with Gasteiger partial charge in [-0.05, 0) is 43.5 Å². The first-order valence-corrected chi connectivity index (χ1v) is 11.9. The minimum Gasteiger partial charge on any atom is -0.493 e. The van der Waals surface area contributed by atoms with Gasteiger partial charge in [0.25, 0.3) is 0 Å². The maximum atomic E-state index is 13.1. The number of hydrogen-bond acceptors (Lipinski definition) is 4. The highest BCUT2D eigenvalue weighted by Gasteiger charge is 2.40. The second-order valence-corrected chi connectivity index (χ2v) is 9.22. The van der Waals surface area contributed by atoms with E-state index in [4.69, 9.17) is 21.1 Å². The molecule has 2 aliphatic heterocycles. The molecule has 0 N–H and O–H groups in total. The lowest BCUT2D eigenvalue weighted by molar-refractivity contribution is -0.143. The minimum absolute atomic E-state index is 0.128. The van der Waals surface area contributed by atoms with E-state index in [-0.39, 0.29) is 17.2 Å². The van der Waals surface area contributed by atoms with Gasteiger partial charge < -0.3 is 19.3 Å². The first kappa shape index (κ1) is 23.9. The topological polar surface area (TPSA) is 59.1 Å². The molecule has 0 aliphatic carbocycles. The lowest BCUT2D eigenvalue weighted by Crippen LogP contribution is -2.52. The summed E-state index contributed by atoms with van der Waals surface area (Å²) in [5.41, 5.74) is -0.381. The Morgan fingerprint density at radius 1 is 1.06 bits per heavy atom. The second kappa shape index (κ2) is 11.7. The Morgan fingerprint density at radius 3 is 2.52 bits per heavy atom. The predicted molar refractivity (Wildman–Crippen MR) is 121 cm³/mol. The Balaban J connectivity index is 1.69. The minimum atomic E-state index is -0.381. The van der Waals surface area contributed by atoms with Gasteiger partial charge in [-0.2, -0.15) is 0 Å². The van der Waals surface area contributed by atoms with Gasteiger partial charge in [0.05, 0.1) is 19.8 Å². The SMILES string of the molecule is CCCCCC(=O)N1CCC[C@](COc2ccc(Cl)cc2)(CC(=O)N2CCOCC2)C1. The molecule has 0 saturated carbocycles. The normalized spacial score (nSPS) is 21.7. The van der Waals surface area contributed by atoms with Crippen LogP contribution >= 0.6 is 11.6 Å². The van der Waals surface area contributed by atoms with Crippen LogP contribution in [0.5, 0.6) is 5.75 Å². The number of likely N-dealkylation sites (tertiary alicyclic amines) is 1. The molecule has 6 nitrogen and oxygen atoms in total. The third-order valence-corrected chi connectivity index (χ3v) is 6.51. The van der Waals surface area contributed by atoms with Crippen molar-refractivity contribution in [3.05, 3.63) is 29.3 Å². The third kappa shape index (κ3) is 7.11. The highest BCUT2D eigenvalue weighted by Crippen LogP contribution is 2.36. The van der Waals surface area contributed by atoms with Crippen LogP contribution in [0, 0.1) is 5.41 Å². The van der Waals surface area contributed by atoms with Crippen molar-refractivity contribution in [2.24, 2.45) is 5.41 Å². The summed E-state index contributed by atoms with van der Waals surface area (Å²) in [6.45, 7) is 6.32. The Hall–Kier alpha value is -1.79. The number of unbranched alkanes of at least 4 members (excludes halogenated alkanes) is 2. The fourth-order valence-electron chi connectivity index (χ4n) is 4.43. The van der Waals surface area contributed by atoms with E-state index in [1.165, 1.54) is 0 Å². The van der Waals surface area contributed by atoms with Crippen LogP contribution in [0.1, 0.15) is 51.9 Å². The number of carbonyl (C=O) groups is 2. The smallest absolute Gasteiger partial charge is 0.223 e. The predicted octanol–water partition coefficient (Wildman–Crippen LogP) is 4.16. The molecule has 0 unspecified atom stereocenters. The first-order valence-electron chi connectivity index (χ1n) is 11.5. The average Bonchev–Trinajstić information content (AvgIpc) is 2.79. The van der Waals surface area contributed by atoms with Crippen LogP contribution in [0.25, 0.3) is 0 Å². The van der Waals surface area contributed by atoms with Crippen molar-refractivity contribution in [2.45, 2.75) is 51.9 Å². The highest BCUT2D eigenvalue weighted by atomic mass is 35.5. The number of carbonyl (C=O) groups excluding carboxylic acids is 2. The van der Waals surface area contributed by atoms with E-state index < -0.39 is 0 Å². The fraction of sp³-hybridized carbons (Fsp3) is 0.667. The molecule has 0 radical (unpaired) electrons. The van der Waals surface area contributed by atoms with Crippen molar-refractivity contribution in [2.75, 3.05) is 46.0 Å². The second-order valence-electron chi connectivity index (χ2n) is 8.79. The van der Waals surface area contributed by atoms with E-state index in [1.54, 1.807) is 12.1 Å². The number of piperidine rings is 1. The van der Waals surface area contributed by atoms with Crippen molar-refractivity contribution in [3.8, 4) is 5.75 Å². The van der Waals surface area contributed by atoms with Gasteiger partial charge in [0.15, 0.2) is 0 Å². The molecule has 2 fully saturated rings. The molecule has 2 saturated heterocycles. The van der Waals surface area contributed by atoms with Crippen LogP contribution in [-0.2, 0) is 14.3 Å². The van der Waals surface area contributed by atoms with Gasteiger partial charge in [0.2, 0.25) is 11.8 Å². The quantitative estimate of drug-likeness (QED) is 0.530. The molecule has 1 aromatic carbocycles. The summed E-state index contributed by atoms with van der Waals surface area (Å²) in [5.74, 6) is 1.06. The molecular weight excluding hydrogens is 416 g/mol. The zero-order valence-electron chi connectivity index (χ0n) is 18.6. The lowest BCUT2D eigenvalue weighted by Gasteiger charge is -2.43. The van der Waals surface area contributed by atoms with E-state index in [0.717, 1.165) is 44.4 Å². The van der Waals surface area contributed by atoms with Gasteiger partial charge in [-0.25, -0.2) is 0 Å². The maximum absolute atomic E-state index is 13.1. The van der Waals surface area contributed by atoms with Crippen LogP contribution in [-0.4, -0.2) is 67.6 Å². The van der Waals surface area contributed by atoms with Crippen molar-refractivity contribution in [1.29, 1.82) is 0 Å². The van der Waals surface area contributed by atoms with Gasteiger partial charge in [0.1, 0.15) is 5.75 Å². The van der Waals surface area contributed by atoms with E-state index in [9.17, 15) is 9.59 Å². The summed E-state index contributed by atoms with van der Waals surface area (Å²) in [6.07, 6.45) is 5.82. The number of hydrogen-bond donors (Lipinski definition) is 0. The standard InChI is InChI=1S/C24H35ClN2O4/c1-2-3-4-6-22(28)27-12-5-11-24(18-27,17-23(29)26-13-15-30-16-14-26)19-31-21-9-7-20(25)8-10-21/h7-10H,2-6,11-19H2,1H3/t24-/m0/s1. The first-order chi connectivity index (χ1) is 15.0. The molecule has 0 aromatic heterocycles. The Labute approximate surface area is 190 Å². The summed E-state index contributed by atoms with van der Waals surface area (Å²) in [4.78, 5) is 29.8. The molecule has 1 aromatic rings. The number of amides is 2. The summed E-state index contributed by atoms with van der Waals surface area (Å²) in [6, 6.07) is 7.28. The number of morpholine rings is 1. The van der Waals surface area contributed by atoms with E-state index in [0.29, 0.717) is 57.3 Å². The van der Waals surface area contributed by atoms with Crippen molar-refractivity contribution in [1.82, 2.24) is 9.80 Å². The molecule has 31 heavy (non-hydrogen) atoms. The summed E-state index contributed by atoms with van der Waals surface area (Å²) >= 11 is 5.99. The zero-order chi connectivity index (χ0) is 22.1. The molecule has 3 rings (SSSR count). The fourth-order valence-corrected chi connectivity index (χ4v) is 4.56. The lowest BCUT2D eigenvalue weighted by atomic mass is 9.77. The molecular formula is C24H35ClN2O4. The van der Waals surface area contributed by atoms with E-state index >= 15 is 0 Å².